The molecule has 1 atom stereocenters. The Hall–Kier alpha value is -0.860. The van der Waals surface area contributed by atoms with Crippen LogP contribution < -0.4 is 0 Å². The lowest BCUT2D eigenvalue weighted by atomic mass is 9.94. The van der Waals surface area contributed by atoms with Crippen LogP contribution in [-0.4, -0.2) is 16.8 Å². The van der Waals surface area contributed by atoms with E-state index in [-0.39, 0.29) is 6.61 Å². The van der Waals surface area contributed by atoms with Crippen LogP contribution in [0.2, 0.25) is 0 Å². The van der Waals surface area contributed by atoms with E-state index in [9.17, 15) is 5.11 Å². The smallest absolute Gasteiger partial charge is 0.0764 e. The van der Waals surface area contributed by atoms with Crippen LogP contribution in [0.3, 0.4) is 0 Å². The third kappa shape index (κ3) is 2.34. The van der Waals surface area contributed by atoms with E-state index in [2.05, 4.69) is 13.0 Å². The van der Waals surface area contributed by atoms with E-state index in [0.29, 0.717) is 6.42 Å². The van der Waals surface area contributed by atoms with Crippen LogP contribution in [-0.2, 0) is 12.8 Å². The Labute approximate surface area is 85.2 Å². The fraction of sp³-hybridized carbons (Fsp3) is 0.500. The van der Waals surface area contributed by atoms with Crippen LogP contribution >= 0.6 is 0 Å². The molecular weight excluding hydrogens is 176 g/mol. The van der Waals surface area contributed by atoms with Gasteiger partial charge in [0.25, 0.3) is 0 Å². The largest absolute Gasteiger partial charge is 0.396 e. The molecule has 0 bridgehead atoms. The highest BCUT2D eigenvalue weighted by Crippen LogP contribution is 2.22. The van der Waals surface area contributed by atoms with Crippen LogP contribution in [0.4, 0.5) is 0 Å². The molecule has 0 spiro atoms. The first-order valence-corrected chi connectivity index (χ1v) is 5.10. The average Bonchev–Trinajstić information content (AvgIpc) is 2.18. The molecule has 0 fully saturated rings. The number of aliphatic hydroxyl groups excluding tert-OH is 2. The summed E-state index contributed by atoms with van der Waals surface area (Å²) in [7, 11) is 0. The van der Waals surface area contributed by atoms with Crippen LogP contribution in [0.15, 0.2) is 18.2 Å². The number of rotatable bonds is 4. The number of aliphatic hydroxyl groups is 2. The molecule has 0 saturated carbocycles. The molecule has 2 nitrogen and oxygen atoms in total. The monoisotopic (exact) mass is 194 g/mol. The van der Waals surface area contributed by atoms with E-state index in [1.165, 1.54) is 5.56 Å². The van der Waals surface area contributed by atoms with Gasteiger partial charge in [0.05, 0.1) is 6.10 Å². The highest BCUT2D eigenvalue weighted by Gasteiger charge is 2.10. The number of hydrogen-bond donors (Lipinski definition) is 2. The summed E-state index contributed by atoms with van der Waals surface area (Å²) in [5, 5.41) is 18.5. The fourth-order valence-electron chi connectivity index (χ4n) is 1.79. The maximum absolute atomic E-state index is 9.57. The van der Waals surface area contributed by atoms with Crippen LogP contribution in [0, 0.1) is 0 Å². The van der Waals surface area contributed by atoms with E-state index >= 15 is 0 Å². The Bertz CT molecular complexity index is 292. The molecule has 2 heteroatoms. The lowest BCUT2D eigenvalue weighted by Gasteiger charge is -2.15. The van der Waals surface area contributed by atoms with E-state index in [4.69, 9.17) is 5.11 Å². The molecule has 14 heavy (non-hydrogen) atoms. The number of benzene rings is 1. The molecule has 1 rings (SSSR count). The van der Waals surface area contributed by atoms with E-state index < -0.39 is 6.10 Å². The second-order valence-electron chi connectivity index (χ2n) is 3.49. The van der Waals surface area contributed by atoms with Gasteiger partial charge in [0, 0.05) is 6.61 Å². The molecule has 0 saturated heterocycles. The van der Waals surface area contributed by atoms with Crippen molar-refractivity contribution in [1.82, 2.24) is 0 Å². The van der Waals surface area contributed by atoms with Crippen LogP contribution in [0.1, 0.15) is 36.6 Å². The Morgan fingerprint density at radius 2 is 2.07 bits per heavy atom. The minimum atomic E-state index is -0.456. The van der Waals surface area contributed by atoms with Gasteiger partial charge >= 0.3 is 0 Å². The second-order valence-corrected chi connectivity index (χ2v) is 3.49. The Balaban J connectivity index is 3.13. The maximum Gasteiger partial charge on any atom is 0.0764 e. The standard InChI is InChI=1S/C12H18O2/c1-3-10-5-4-6-11(9(2)14)12(10)7-8-13/h4-6,9,13-14H,3,7-8H2,1-2H3. The van der Waals surface area contributed by atoms with E-state index in [1.54, 1.807) is 6.92 Å². The van der Waals surface area contributed by atoms with Crippen molar-refractivity contribution in [3.05, 3.63) is 34.9 Å². The quantitative estimate of drug-likeness (QED) is 0.767. The van der Waals surface area contributed by atoms with Crippen molar-refractivity contribution in [2.24, 2.45) is 0 Å². The summed E-state index contributed by atoms with van der Waals surface area (Å²) < 4.78 is 0. The third-order valence-corrected chi connectivity index (χ3v) is 2.50. The van der Waals surface area contributed by atoms with Crippen LogP contribution in [0.5, 0.6) is 0 Å². The second kappa shape index (κ2) is 5.13. The molecule has 2 N–H and O–H groups in total. The summed E-state index contributed by atoms with van der Waals surface area (Å²) >= 11 is 0. The van der Waals surface area contributed by atoms with Gasteiger partial charge < -0.3 is 10.2 Å². The van der Waals surface area contributed by atoms with Gasteiger partial charge in [-0.05, 0) is 36.5 Å². The Morgan fingerprint density at radius 1 is 1.36 bits per heavy atom. The summed E-state index contributed by atoms with van der Waals surface area (Å²) in [6.45, 7) is 3.98. The molecule has 0 heterocycles. The van der Waals surface area contributed by atoms with E-state index in [0.717, 1.165) is 17.5 Å². The maximum atomic E-state index is 9.57. The molecule has 1 aromatic rings. The molecule has 0 aliphatic heterocycles. The van der Waals surface area contributed by atoms with Gasteiger partial charge in [-0.3, -0.25) is 0 Å². The van der Waals surface area contributed by atoms with Gasteiger partial charge in [0.1, 0.15) is 0 Å². The molecule has 0 aromatic heterocycles. The summed E-state index contributed by atoms with van der Waals surface area (Å²) in [5.41, 5.74) is 3.27. The number of aryl methyl sites for hydroxylation is 1. The minimum Gasteiger partial charge on any atom is -0.396 e. The third-order valence-electron chi connectivity index (χ3n) is 2.50. The first kappa shape index (κ1) is 11.2. The molecule has 0 radical (unpaired) electrons. The van der Waals surface area contributed by atoms with Gasteiger partial charge in [0.15, 0.2) is 0 Å². The van der Waals surface area contributed by atoms with Crippen molar-refractivity contribution < 1.29 is 10.2 Å². The summed E-state index contributed by atoms with van der Waals surface area (Å²) in [5.74, 6) is 0. The Kier molecular flexibility index (Phi) is 4.11. The molecule has 0 amide bonds. The highest BCUT2D eigenvalue weighted by atomic mass is 16.3. The highest BCUT2D eigenvalue weighted by molar-refractivity contribution is 5.36. The van der Waals surface area contributed by atoms with Crippen LogP contribution in [0.25, 0.3) is 0 Å². The summed E-state index contributed by atoms with van der Waals surface area (Å²) in [4.78, 5) is 0. The lowest BCUT2D eigenvalue weighted by Crippen LogP contribution is -2.04. The van der Waals surface area contributed by atoms with Gasteiger partial charge in [0.2, 0.25) is 0 Å². The minimum absolute atomic E-state index is 0.136. The fourth-order valence-corrected chi connectivity index (χ4v) is 1.79. The molecule has 1 unspecified atom stereocenters. The first-order valence-electron chi connectivity index (χ1n) is 5.10. The SMILES string of the molecule is CCc1cccc(C(C)O)c1CCO. The van der Waals surface area contributed by atoms with Crippen molar-refractivity contribution in [3.8, 4) is 0 Å². The van der Waals surface area contributed by atoms with Gasteiger partial charge in [-0.1, -0.05) is 25.1 Å². The zero-order valence-corrected chi connectivity index (χ0v) is 8.83. The molecule has 1 aromatic carbocycles. The summed E-state index contributed by atoms with van der Waals surface area (Å²) in [6.07, 6.45) is 1.11. The van der Waals surface area contributed by atoms with Gasteiger partial charge in [-0.25, -0.2) is 0 Å². The average molecular weight is 194 g/mol. The van der Waals surface area contributed by atoms with Crippen molar-refractivity contribution in [1.29, 1.82) is 0 Å². The zero-order chi connectivity index (χ0) is 10.6. The molecule has 78 valence electrons. The van der Waals surface area contributed by atoms with Crippen molar-refractivity contribution in [2.45, 2.75) is 32.8 Å². The lowest BCUT2D eigenvalue weighted by molar-refractivity contribution is 0.197. The molecule has 0 aliphatic carbocycles. The molecule has 0 aliphatic rings. The topological polar surface area (TPSA) is 40.5 Å². The first-order chi connectivity index (χ1) is 6.70. The Morgan fingerprint density at radius 3 is 2.57 bits per heavy atom. The van der Waals surface area contributed by atoms with Crippen molar-refractivity contribution in [3.63, 3.8) is 0 Å². The van der Waals surface area contributed by atoms with Crippen molar-refractivity contribution >= 4 is 0 Å². The van der Waals surface area contributed by atoms with Crippen molar-refractivity contribution in [2.75, 3.05) is 6.61 Å². The predicted octanol–water partition coefficient (Wildman–Crippen LogP) is 1.84. The summed E-state index contributed by atoms with van der Waals surface area (Å²) in [6, 6.07) is 5.94. The van der Waals surface area contributed by atoms with Gasteiger partial charge in [-0.2, -0.15) is 0 Å². The zero-order valence-electron chi connectivity index (χ0n) is 8.83. The number of hydrogen-bond acceptors (Lipinski definition) is 2. The normalized spacial score (nSPS) is 12.9. The van der Waals surface area contributed by atoms with Gasteiger partial charge in [-0.15, -0.1) is 0 Å². The van der Waals surface area contributed by atoms with E-state index in [1.807, 2.05) is 12.1 Å². The molecular formula is C12H18O2. The predicted molar refractivity (Wildman–Crippen MR) is 57.2 cm³/mol.